The third kappa shape index (κ3) is 4.29. The van der Waals surface area contributed by atoms with Gasteiger partial charge in [-0.25, -0.2) is 9.37 Å². The largest absolute Gasteiger partial charge is 0.489 e. The topological polar surface area (TPSA) is 61.3 Å². The van der Waals surface area contributed by atoms with E-state index in [1.807, 2.05) is 6.07 Å². The number of nitrogens with two attached hydrogens (primary N) is 1. The van der Waals surface area contributed by atoms with Crippen molar-refractivity contribution in [3.8, 4) is 5.75 Å². The summed E-state index contributed by atoms with van der Waals surface area (Å²) in [5, 5.41) is 0. The van der Waals surface area contributed by atoms with E-state index in [-0.39, 0.29) is 18.6 Å². The second kappa shape index (κ2) is 6.26. The summed E-state index contributed by atoms with van der Waals surface area (Å²) in [6.07, 6.45) is 1.24. The van der Waals surface area contributed by atoms with Gasteiger partial charge in [-0.2, -0.15) is 0 Å². The summed E-state index contributed by atoms with van der Waals surface area (Å²) in [6.45, 7) is 6.66. The van der Waals surface area contributed by atoms with Gasteiger partial charge in [0.25, 0.3) is 0 Å². The number of oxazole rings is 1. The van der Waals surface area contributed by atoms with Crippen LogP contribution in [0.5, 0.6) is 5.75 Å². The predicted molar refractivity (Wildman–Crippen MR) is 80.9 cm³/mol. The maximum Gasteiger partial charge on any atom is 0.196 e. The van der Waals surface area contributed by atoms with Crippen LogP contribution < -0.4 is 10.5 Å². The second-order valence-electron chi connectivity index (χ2n) is 6.23. The molecule has 0 fully saturated rings. The normalized spacial score (nSPS) is 12.9. The Kier molecular flexibility index (Phi) is 4.63. The summed E-state index contributed by atoms with van der Waals surface area (Å²) in [5.74, 6) is 1.31. The average molecular weight is 292 g/mol. The first kappa shape index (κ1) is 15.5. The quantitative estimate of drug-likeness (QED) is 0.914. The lowest BCUT2D eigenvalue weighted by atomic mass is 9.92. The Hall–Kier alpha value is -1.88. The number of benzene rings is 1. The summed E-state index contributed by atoms with van der Waals surface area (Å²) >= 11 is 0. The summed E-state index contributed by atoms with van der Waals surface area (Å²) in [5.41, 5.74) is 7.37. The van der Waals surface area contributed by atoms with E-state index in [2.05, 4.69) is 25.8 Å². The minimum Gasteiger partial charge on any atom is -0.489 e. The Morgan fingerprint density at radius 3 is 2.81 bits per heavy atom. The van der Waals surface area contributed by atoms with E-state index in [4.69, 9.17) is 14.9 Å². The molecule has 0 atom stereocenters. The first-order valence-electron chi connectivity index (χ1n) is 6.92. The van der Waals surface area contributed by atoms with Gasteiger partial charge in [0.05, 0.1) is 6.33 Å². The third-order valence-electron chi connectivity index (χ3n) is 2.93. The van der Waals surface area contributed by atoms with Crippen molar-refractivity contribution in [2.75, 3.05) is 13.2 Å². The zero-order valence-corrected chi connectivity index (χ0v) is 12.6. The van der Waals surface area contributed by atoms with Gasteiger partial charge in [-0.1, -0.05) is 20.8 Å². The van der Waals surface area contributed by atoms with Crippen LogP contribution in [0.15, 0.2) is 34.5 Å². The molecule has 0 radical (unpaired) electrons. The molecule has 0 amide bonds. The minimum absolute atomic E-state index is 0.113. The van der Waals surface area contributed by atoms with Gasteiger partial charge in [0.1, 0.15) is 17.9 Å². The van der Waals surface area contributed by atoms with Crippen molar-refractivity contribution in [1.82, 2.24) is 4.98 Å². The summed E-state index contributed by atoms with van der Waals surface area (Å²) in [7, 11) is 0. The highest BCUT2D eigenvalue weighted by molar-refractivity contribution is 5.74. The van der Waals surface area contributed by atoms with Gasteiger partial charge in [-0.05, 0) is 17.5 Å². The van der Waals surface area contributed by atoms with Crippen LogP contribution >= 0.6 is 0 Å². The molecule has 0 aliphatic rings. The highest BCUT2D eigenvalue weighted by Gasteiger charge is 2.16. The predicted octanol–water partition coefficient (Wildman–Crippen LogP) is 3.61. The van der Waals surface area contributed by atoms with Crippen molar-refractivity contribution in [2.24, 2.45) is 11.1 Å². The Bertz CT molecular complexity index is 641. The number of nitrogens with zero attached hydrogens (tertiary/aromatic N) is 1. The lowest BCUT2D eigenvalue weighted by Gasteiger charge is -2.14. The lowest BCUT2D eigenvalue weighted by molar-refractivity contribution is 0.346. The van der Waals surface area contributed by atoms with Crippen LogP contribution in [0.3, 0.4) is 0 Å². The molecule has 0 bridgehead atoms. The Morgan fingerprint density at radius 2 is 2.19 bits per heavy atom. The first-order chi connectivity index (χ1) is 9.91. The molecule has 114 valence electrons. The van der Waals surface area contributed by atoms with Crippen molar-refractivity contribution in [3.63, 3.8) is 0 Å². The smallest absolute Gasteiger partial charge is 0.196 e. The van der Waals surface area contributed by atoms with Crippen molar-refractivity contribution in [2.45, 2.75) is 27.2 Å². The van der Waals surface area contributed by atoms with Crippen LogP contribution in [0.25, 0.3) is 11.1 Å². The molecular weight excluding hydrogens is 271 g/mol. The Balaban J connectivity index is 2.14. The van der Waals surface area contributed by atoms with Crippen LogP contribution in [-0.2, 0) is 6.42 Å². The fourth-order valence-corrected chi connectivity index (χ4v) is 1.88. The van der Waals surface area contributed by atoms with Gasteiger partial charge < -0.3 is 14.9 Å². The molecule has 0 saturated heterocycles. The van der Waals surface area contributed by atoms with Crippen LogP contribution in [0.4, 0.5) is 4.39 Å². The standard InChI is InChI=1S/C16H21FN2O2/c1-16(2,3)7-15-19-13-5-4-12(6-14(13)21-15)20-10-11(8-17)9-18/h4-6,8H,7,9-10,18H2,1-3H3/b11-8+. The highest BCUT2D eigenvalue weighted by Crippen LogP contribution is 2.26. The number of ether oxygens (including phenoxy) is 1. The average Bonchev–Trinajstić information content (AvgIpc) is 2.78. The van der Waals surface area contributed by atoms with Gasteiger partial charge in [0.15, 0.2) is 11.5 Å². The van der Waals surface area contributed by atoms with E-state index in [0.717, 1.165) is 11.9 Å². The van der Waals surface area contributed by atoms with Crippen LogP contribution in [0.2, 0.25) is 0 Å². The molecular formula is C16H21FN2O2. The fraction of sp³-hybridized carbons (Fsp3) is 0.438. The lowest BCUT2D eigenvalue weighted by Crippen LogP contribution is -2.10. The van der Waals surface area contributed by atoms with Gasteiger partial charge >= 0.3 is 0 Å². The molecule has 1 aromatic heterocycles. The molecule has 4 nitrogen and oxygen atoms in total. The molecule has 0 spiro atoms. The highest BCUT2D eigenvalue weighted by atomic mass is 19.1. The molecule has 0 aliphatic carbocycles. The van der Waals surface area contributed by atoms with Gasteiger partial charge in [-0.3, -0.25) is 0 Å². The summed E-state index contributed by atoms with van der Waals surface area (Å²) in [6, 6.07) is 5.39. The number of hydrogen-bond acceptors (Lipinski definition) is 4. The maximum absolute atomic E-state index is 12.4. The van der Waals surface area contributed by atoms with E-state index in [1.165, 1.54) is 0 Å². The SMILES string of the molecule is CC(C)(C)Cc1nc2ccc(OC/C(=C/F)CN)cc2o1. The van der Waals surface area contributed by atoms with Crippen molar-refractivity contribution < 1.29 is 13.5 Å². The summed E-state index contributed by atoms with van der Waals surface area (Å²) in [4.78, 5) is 4.45. The van der Waals surface area contributed by atoms with Crippen LogP contribution in [0.1, 0.15) is 26.7 Å². The number of rotatable bonds is 5. The zero-order chi connectivity index (χ0) is 15.5. The Morgan fingerprint density at radius 1 is 1.43 bits per heavy atom. The fourth-order valence-electron chi connectivity index (χ4n) is 1.88. The van der Waals surface area contributed by atoms with Crippen molar-refractivity contribution in [3.05, 3.63) is 36.0 Å². The third-order valence-corrected chi connectivity index (χ3v) is 2.93. The maximum atomic E-state index is 12.4. The van der Waals surface area contributed by atoms with E-state index >= 15 is 0 Å². The molecule has 2 aromatic rings. The minimum atomic E-state index is 0.113. The number of aromatic nitrogens is 1. The Labute approximate surface area is 123 Å². The molecule has 5 heteroatoms. The molecule has 2 rings (SSSR count). The number of halogens is 1. The van der Waals surface area contributed by atoms with Crippen molar-refractivity contribution >= 4 is 11.1 Å². The molecule has 0 aliphatic heterocycles. The van der Waals surface area contributed by atoms with E-state index < -0.39 is 0 Å². The second-order valence-corrected chi connectivity index (χ2v) is 6.23. The zero-order valence-electron chi connectivity index (χ0n) is 12.6. The monoisotopic (exact) mass is 292 g/mol. The molecule has 1 aromatic carbocycles. The summed E-state index contributed by atoms with van der Waals surface area (Å²) < 4.78 is 23.7. The molecule has 1 heterocycles. The van der Waals surface area contributed by atoms with Gasteiger partial charge in [0, 0.05) is 24.6 Å². The van der Waals surface area contributed by atoms with E-state index in [9.17, 15) is 4.39 Å². The van der Waals surface area contributed by atoms with Crippen LogP contribution in [-0.4, -0.2) is 18.1 Å². The molecule has 0 unspecified atom stereocenters. The molecule has 0 saturated carbocycles. The van der Waals surface area contributed by atoms with Crippen LogP contribution in [0, 0.1) is 5.41 Å². The number of hydrogen-bond donors (Lipinski definition) is 1. The first-order valence-corrected chi connectivity index (χ1v) is 6.92. The van der Waals surface area contributed by atoms with Crippen molar-refractivity contribution in [1.29, 1.82) is 0 Å². The van der Waals surface area contributed by atoms with Gasteiger partial charge in [-0.15, -0.1) is 0 Å². The van der Waals surface area contributed by atoms with Gasteiger partial charge in [0.2, 0.25) is 0 Å². The van der Waals surface area contributed by atoms with E-state index in [0.29, 0.717) is 29.1 Å². The van der Waals surface area contributed by atoms with E-state index in [1.54, 1.807) is 12.1 Å². The molecule has 2 N–H and O–H groups in total. The number of fused-ring (bicyclic) bond motifs is 1. The molecule has 21 heavy (non-hydrogen) atoms.